The van der Waals surface area contributed by atoms with Crippen molar-refractivity contribution in [3.63, 3.8) is 0 Å². The Morgan fingerprint density at radius 3 is 2.86 bits per heavy atom. The third-order valence-electron chi connectivity index (χ3n) is 2.74. The van der Waals surface area contributed by atoms with Crippen molar-refractivity contribution in [1.29, 1.82) is 0 Å². The first-order chi connectivity index (χ1) is 6.75. The molecule has 1 aromatic rings. The van der Waals surface area contributed by atoms with E-state index in [4.69, 9.17) is 0 Å². The molecule has 0 spiro atoms. The van der Waals surface area contributed by atoms with Crippen molar-refractivity contribution in [1.82, 2.24) is 0 Å². The van der Waals surface area contributed by atoms with E-state index in [1.807, 2.05) is 6.07 Å². The normalized spacial score (nSPS) is 15.6. The molecule has 0 aliphatic heterocycles. The summed E-state index contributed by atoms with van der Waals surface area (Å²) in [6.45, 7) is 2.80. The highest BCUT2D eigenvalue weighted by Gasteiger charge is 2.19. The first kappa shape index (κ1) is 9.50. The summed E-state index contributed by atoms with van der Waals surface area (Å²) >= 11 is 0. The van der Waals surface area contributed by atoms with Crippen LogP contribution in [0.15, 0.2) is 18.2 Å². The molecule has 1 saturated carbocycles. The van der Waals surface area contributed by atoms with Crippen molar-refractivity contribution >= 4 is 5.69 Å². The van der Waals surface area contributed by atoms with Crippen LogP contribution in [-0.2, 0) is 0 Å². The highest BCUT2D eigenvalue weighted by molar-refractivity contribution is 5.45. The van der Waals surface area contributed by atoms with E-state index < -0.39 is 0 Å². The Morgan fingerprint density at radius 1 is 1.43 bits per heavy atom. The molecule has 1 fully saturated rings. The number of aryl methyl sites for hydroxylation is 1. The molecule has 0 atom stereocenters. The Balaban J connectivity index is 1.85. The fourth-order valence-electron chi connectivity index (χ4n) is 1.58. The van der Waals surface area contributed by atoms with Crippen LogP contribution in [0.2, 0.25) is 0 Å². The van der Waals surface area contributed by atoms with Crippen molar-refractivity contribution < 1.29 is 4.39 Å². The first-order valence-electron chi connectivity index (χ1n) is 5.26. The molecule has 76 valence electrons. The second kappa shape index (κ2) is 3.99. The van der Waals surface area contributed by atoms with E-state index in [9.17, 15) is 4.39 Å². The summed E-state index contributed by atoms with van der Waals surface area (Å²) in [5.74, 6) is 0.821. The lowest BCUT2D eigenvalue weighted by Gasteiger charge is -2.06. The molecule has 2 rings (SSSR count). The van der Waals surface area contributed by atoms with Gasteiger partial charge in [-0.3, -0.25) is 0 Å². The summed E-state index contributed by atoms with van der Waals surface area (Å²) in [5, 5.41) is 3.32. The minimum absolute atomic E-state index is 0.127. The third kappa shape index (κ3) is 2.47. The third-order valence-corrected chi connectivity index (χ3v) is 2.74. The highest BCUT2D eigenvalue weighted by Crippen LogP contribution is 2.32. The topological polar surface area (TPSA) is 12.0 Å². The molecular weight excluding hydrogens is 177 g/mol. The molecule has 14 heavy (non-hydrogen) atoms. The summed E-state index contributed by atoms with van der Waals surface area (Å²) in [5.41, 5.74) is 1.74. The lowest BCUT2D eigenvalue weighted by molar-refractivity contribution is 0.618. The van der Waals surface area contributed by atoms with Crippen molar-refractivity contribution in [3.05, 3.63) is 29.6 Å². The van der Waals surface area contributed by atoms with Gasteiger partial charge in [0.15, 0.2) is 0 Å². The average Bonchev–Trinajstić information content (AvgIpc) is 2.95. The molecule has 1 aromatic carbocycles. The molecular formula is C12H16FN. The summed E-state index contributed by atoms with van der Waals surface area (Å²) < 4.78 is 12.9. The number of nitrogens with one attached hydrogen (secondary N) is 1. The zero-order valence-corrected chi connectivity index (χ0v) is 8.52. The van der Waals surface area contributed by atoms with Crippen molar-refractivity contribution in [2.75, 3.05) is 11.9 Å². The lowest BCUT2D eigenvalue weighted by atomic mass is 10.2. The van der Waals surface area contributed by atoms with Crippen molar-refractivity contribution in [3.8, 4) is 0 Å². The van der Waals surface area contributed by atoms with Crippen LogP contribution in [0.4, 0.5) is 10.1 Å². The van der Waals surface area contributed by atoms with Gasteiger partial charge in [0.05, 0.1) is 0 Å². The molecule has 1 aliphatic rings. The SMILES string of the molecule is Cc1cc(NCCC2CC2)ccc1F. The number of anilines is 1. The molecule has 1 aliphatic carbocycles. The molecule has 1 N–H and O–H groups in total. The fourth-order valence-corrected chi connectivity index (χ4v) is 1.58. The van der Waals surface area contributed by atoms with E-state index in [-0.39, 0.29) is 5.82 Å². The van der Waals surface area contributed by atoms with Gasteiger partial charge in [0.1, 0.15) is 5.82 Å². The maximum absolute atomic E-state index is 12.9. The maximum Gasteiger partial charge on any atom is 0.126 e. The minimum Gasteiger partial charge on any atom is -0.385 e. The zero-order chi connectivity index (χ0) is 9.97. The van der Waals surface area contributed by atoms with E-state index in [1.165, 1.54) is 25.3 Å². The number of halogens is 1. The van der Waals surface area contributed by atoms with Crippen LogP contribution in [0.25, 0.3) is 0 Å². The van der Waals surface area contributed by atoms with Gasteiger partial charge < -0.3 is 5.32 Å². The van der Waals surface area contributed by atoms with E-state index in [0.29, 0.717) is 5.56 Å². The molecule has 0 unspecified atom stereocenters. The van der Waals surface area contributed by atoms with Gasteiger partial charge in [0.2, 0.25) is 0 Å². The maximum atomic E-state index is 12.9. The summed E-state index contributed by atoms with van der Waals surface area (Å²) in [7, 11) is 0. The Kier molecular flexibility index (Phi) is 2.71. The molecule has 0 bridgehead atoms. The molecule has 1 nitrogen and oxygen atoms in total. The van der Waals surface area contributed by atoms with E-state index in [2.05, 4.69) is 5.32 Å². The Labute approximate surface area is 84.3 Å². The van der Waals surface area contributed by atoms with E-state index >= 15 is 0 Å². The molecule has 0 amide bonds. The predicted octanol–water partition coefficient (Wildman–Crippen LogP) is 3.35. The van der Waals surface area contributed by atoms with Gasteiger partial charge in [-0.05, 0) is 43.0 Å². The monoisotopic (exact) mass is 193 g/mol. The van der Waals surface area contributed by atoms with Crippen molar-refractivity contribution in [2.24, 2.45) is 5.92 Å². The largest absolute Gasteiger partial charge is 0.385 e. The van der Waals surface area contributed by atoms with E-state index in [0.717, 1.165) is 18.2 Å². The molecule has 0 heterocycles. The van der Waals surface area contributed by atoms with Gasteiger partial charge >= 0.3 is 0 Å². The molecule has 0 saturated heterocycles. The van der Waals surface area contributed by atoms with Gasteiger partial charge in [-0.25, -0.2) is 4.39 Å². The Morgan fingerprint density at radius 2 is 2.21 bits per heavy atom. The summed E-state index contributed by atoms with van der Waals surface area (Å²) in [6.07, 6.45) is 4.03. The number of hydrogen-bond donors (Lipinski definition) is 1. The minimum atomic E-state index is -0.127. The van der Waals surface area contributed by atoms with Crippen LogP contribution in [-0.4, -0.2) is 6.54 Å². The van der Waals surface area contributed by atoms with Crippen LogP contribution in [0.1, 0.15) is 24.8 Å². The van der Waals surface area contributed by atoms with Gasteiger partial charge in [-0.1, -0.05) is 12.8 Å². The molecule has 0 aromatic heterocycles. The predicted molar refractivity (Wildman–Crippen MR) is 57.0 cm³/mol. The molecule has 2 heteroatoms. The Bertz CT molecular complexity index is 318. The summed E-state index contributed by atoms with van der Waals surface area (Å²) in [4.78, 5) is 0. The zero-order valence-electron chi connectivity index (χ0n) is 8.52. The van der Waals surface area contributed by atoms with Gasteiger partial charge in [0, 0.05) is 12.2 Å². The highest BCUT2D eigenvalue weighted by atomic mass is 19.1. The average molecular weight is 193 g/mol. The van der Waals surface area contributed by atoms with Crippen LogP contribution >= 0.6 is 0 Å². The van der Waals surface area contributed by atoms with Crippen molar-refractivity contribution in [2.45, 2.75) is 26.2 Å². The Hall–Kier alpha value is -1.05. The first-order valence-corrected chi connectivity index (χ1v) is 5.26. The van der Waals surface area contributed by atoms with Crippen LogP contribution in [0.3, 0.4) is 0 Å². The quantitative estimate of drug-likeness (QED) is 0.773. The fraction of sp³-hybridized carbons (Fsp3) is 0.500. The van der Waals surface area contributed by atoms with Gasteiger partial charge in [0.25, 0.3) is 0 Å². The number of rotatable bonds is 4. The van der Waals surface area contributed by atoms with Gasteiger partial charge in [-0.2, -0.15) is 0 Å². The van der Waals surface area contributed by atoms with Crippen LogP contribution in [0.5, 0.6) is 0 Å². The van der Waals surface area contributed by atoms with Crippen LogP contribution < -0.4 is 5.32 Å². The number of benzene rings is 1. The van der Waals surface area contributed by atoms with E-state index in [1.54, 1.807) is 13.0 Å². The lowest BCUT2D eigenvalue weighted by Crippen LogP contribution is -2.02. The standard InChI is InChI=1S/C12H16FN/c1-9-8-11(4-5-12(9)13)14-7-6-10-2-3-10/h4-5,8,10,14H,2-3,6-7H2,1H3. The second-order valence-electron chi connectivity index (χ2n) is 4.12. The molecule has 0 radical (unpaired) electrons. The van der Waals surface area contributed by atoms with Crippen LogP contribution in [0, 0.1) is 18.7 Å². The second-order valence-corrected chi connectivity index (χ2v) is 4.12. The summed E-state index contributed by atoms with van der Waals surface area (Å²) in [6, 6.07) is 5.19. The smallest absolute Gasteiger partial charge is 0.126 e. The van der Waals surface area contributed by atoms with Gasteiger partial charge in [-0.15, -0.1) is 0 Å². The number of hydrogen-bond acceptors (Lipinski definition) is 1.